The molecule has 0 spiro atoms. The molecule has 110 valence electrons. The molecule has 1 aromatic heterocycles. The van der Waals surface area contributed by atoms with Gasteiger partial charge in [-0.3, -0.25) is 4.79 Å². The maximum atomic E-state index is 12.6. The van der Waals surface area contributed by atoms with E-state index in [1.54, 1.807) is 24.3 Å². The maximum Gasteiger partial charge on any atom is 0.181 e. The summed E-state index contributed by atoms with van der Waals surface area (Å²) in [6.07, 6.45) is 0.647. The van der Waals surface area contributed by atoms with Gasteiger partial charge in [0.05, 0.1) is 22.6 Å². The largest absolute Gasteiger partial charge is 0.302 e. The topological polar surface area (TPSA) is 59.4 Å². The van der Waals surface area contributed by atoms with Crippen molar-refractivity contribution in [1.29, 1.82) is 0 Å². The van der Waals surface area contributed by atoms with Gasteiger partial charge in [0.25, 0.3) is 0 Å². The van der Waals surface area contributed by atoms with Crippen LogP contribution in [0.4, 0.5) is 5.69 Å². The highest BCUT2D eigenvalue weighted by Crippen LogP contribution is 2.30. The number of aldehydes is 1. The second kappa shape index (κ2) is 5.25. The Labute approximate surface area is 132 Å². The first kappa shape index (κ1) is 13.5. The minimum absolute atomic E-state index is 0.226. The van der Waals surface area contributed by atoms with E-state index < -0.39 is 5.92 Å². The van der Waals surface area contributed by atoms with Gasteiger partial charge in [0.15, 0.2) is 5.78 Å². The summed E-state index contributed by atoms with van der Waals surface area (Å²) in [6.45, 7) is 0. The molecule has 0 radical (unpaired) electrons. The molecule has 1 aliphatic rings. The summed E-state index contributed by atoms with van der Waals surface area (Å²) >= 11 is 0. The van der Waals surface area contributed by atoms with Crippen molar-refractivity contribution in [3.8, 4) is 0 Å². The average Bonchev–Trinajstić information content (AvgIpc) is 2.61. The van der Waals surface area contributed by atoms with Crippen molar-refractivity contribution in [3.63, 3.8) is 0 Å². The molecule has 0 saturated carbocycles. The zero-order valence-corrected chi connectivity index (χ0v) is 12.1. The molecule has 1 aliphatic heterocycles. The molecule has 1 atom stereocenters. The number of fused-ring (bicyclic) bond motifs is 2. The van der Waals surface area contributed by atoms with Gasteiger partial charge in [-0.05, 0) is 24.3 Å². The van der Waals surface area contributed by atoms with Crippen LogP contribution in [0, 0.1) is 5.92 Å². The van der Waals surface area contributed by atoms with Crippen molar-refractivity contribution >= 4 is 34.4 Å². The van der Waals surface area contributed by atoms with Crippen LogP contribution in [-0.4, -0.2) is 22.8 Å². The molecule has 4 nitrogen and oxygen atoms in total. The van der Waals surface area contributed by atoms with Crippen LogP contribution in [0.2, 0.25) is 0 Å². The SMILES string of the molecule is O=CC1C(=O)c2ccccc2N=C1c1ccc2ccccc2n1. The van der Waals surface area contributed by atoms with Crippen molar-refractivity contribution in [2.45, 2.75) is 0 Å². The van der Waals surface area contributed by atoms with Gasteiger partial charge in [0.2, 0.25) is 0 Å². The Kier molecular flexibility index (Phi) is 3.08. The van der Waals surface area contributed by atoms with Crippen LogP contribution in [0.5, 0.6) is 0 Å². The summed E-state index contributed by atoms with van der Waals surface area (Å²) in [5.41, 5.74) is 2.84. The number of Topliss-reactive ketones (excluding diaryl/α,β-unsaturated/α-hetero) is 1. The average molecular weight is 300 g/mol. The van der Waals surface area contributed by atoms with Crippen LogP contribution in [0.1, 0.15) is 16.1 Å². The lowest BCUT2D eigenvalue weighted by Crippen LogP contribution is -2.30. The number of hydrogen-bond donors (Lipinski definition) is 0. The van der Waals surface area contributed by atoms with Crippen LogP contribution in [-0.2, 0) is 4.79 Å². The highest BCUT2D eigenvalue weighted by Gasteiger charge is 2.32. The summed E-state index contributed by atoms with van der Waals surface area (Å²) in [7, 11) is 0. The van der Waals surface area contributed by atoms with E-state index in [4.69, 9.17) is 0 Å². The third-order valence-electron chi connectivity index (χ3n) is 3.98. The molecule has 2 aromatic carbocycles. The first-order valence-corrected chi connectivity index (χ1v) is 7.31. The van der Waals surface area contributed by atoms with E-state index in [0.29, 0.717) is 28.9 Å². The number of pyridine rings is 1. The quantitative estimate of drug-likeness (QED) is 0.538. The summed E-state index contributed by atoms with van der Waals surface area (Å²) in [4.78, 5) is 33.1. The lowest BCUT2D eigenvalue weighted by molar-refractivity contribution is -0.108. The number of carbonyl (C=O) groups excluding carboxylic acids is 2. The lowest BCUT2D eigenvalue weighted by atomic mass is 9.88. The Morgan fingerprint density at radius 3 is 2.57 bits per heavy atom. The fourth-order valence-electron chi connectivity index (χ4n) is 2.82. The summed E-state index contributed by atoms with van der Waals surface area (Å²) < 4.78 is 0. The van der Waals surface area contributed by atoms with Crippen molar-refractivity contribution in [1.82, 2.24) is 4.98 Å². The molecule has 0 fully saturated rings. The van der Waals surface area contributed by atoms with Gasteiger partial charge >= 0.3 is 0 Å². The number of carbonyl (C=O) groups is 2. The van der Waals surface area contributed by atoms with Gasteiger partial charge in [-0.15, -0.1) is 0 Å². The number of rotatable bonds is 2. The van der Waals surface area contributed by atoms with Crippen LogP contribution >= 0.6 is 0 Å². The summed E-state index contributed by atoms with van der Waals surface area (Å²) in [5, 5.41) is 1.00. The number of para-hydroxylation sites is 2. The van der Waals surface area contributed by atoms with E-state index in [9.17, 15) is 9.59 Å². The minimum Gasteiger partial charge on any atom is -0.302 e. The molecule has 4 heteroatoms. The molecule has 3 aromatic rings. The van der Waals surface area contributed by atoms with E-state index in [-0.39, 0.29) is 5.78 Å². The van der Waals surface area contributed by atoms with Gasteiger partial charge in [0.1, 0.15) is 12.2 Å². The predicted octanol–water partition coefficient (Wildman–Crippen LogP) is 3.37. The Morgan fingerprint density at radius 1 is 0.913 bits per heavy atom. The van der Waals surface area contributed by atoms with E-state index in [2.05, 4.69) is 9.98 Å². The standard InChI is InChI=1S/C19H12N2O2/c22-11-14-18(21-16-8-4-2-6-13(16)19(14)23)17-10-9-12-5-1-3-7-15(12)20-17/h1-11,14H. The van der Waals surface area contributed by atoms with E-state index in [1.807, 2.05) is 36.4 Å². The second-order valence-electron chi connectivity index (χ2n) is 5.38. The Bertz CT molecular complexity index is 976. The van der Waals surface area contributed by atoms with Gasteiger partial charge in [-0.2, -0.15) is 0 Å². The Balaban J connectivity index is 1.93. The van der Waals surface area contributed by atoms with E-state index in [1.165, 1.54) is 0 Å². The van der Waals surface area contributed by atoms with E-state index in [0.717, 1.165) is 10.9 Å². The zero-order chi connectivity index (χ0) is 15.8. The second-order valence-corrected chi connectivity index (χ2v) is 5.38. The molecule has 2 heterocycles. The smallest absolute Gasteiger partial charge is 0.181 e. The van der Waals surface area contributed by atoms with Gasteiger partial charge in [0, 0.05) is 10.9 Å². The third-order valence-corrected chi connectivity index (χ3v) is 3.98. The highest BCUT2D eigenvalue weighted by atomic mass is 16.1. The van der Waals surface area contributed by atoms with Crippen LogP contribution in [0.15, 0.2) is 65.7 Å². The zero-order valence-electron chi connectivity index (χ0n) is 12.1. The predicted molar refractivity (Wildman–Crippen MR) is 88.3 cm³/mol. The molecule has 23 heavy (non-hydrogen) atoms. The molecule has 0 N–H and O–H groups in total. The number of benzene rings is 2. The van der Waals surface area contributed by atoms with Gasteiger partial charge in [-0.25, -0.2) is 9.98 Å². The number of hydrogen-bond acceptors (Lipinski definition) is 4. The summed E-state index contributed by atoms with van der Waals surface area (Å²) in [6, 6.07) is 18.5. The molecule has 0 bridgehead atoms. The maximum absolute atomic E-state index is 12.6. The molecule has 0 amide bonds. The number of ketones is 1. The molecular weight excluding hydrogens is 288 g/mol. The normalized spacial score (nSPS) is 16.8. The highest BCUT2D eigenvalue weighted by molar-refractivity contribution is 6.29. The van der Waals surface area contributed by atoms with Gasteiger partial charge in [-0.1, -0.05) is 36.4 Å². The van der Waals surface area contributed by atoms with Crippen molar-refractivity contribution < 1.29 is 9.59 Å². The Morgan fingerprint density at radius 2 is 1.70 bits per heavy atom. The van der Waals surface area contributed by atoms with Gasteiger partial charge < -0.3 is 4.79 Å². The first-order valence-electron chi connectivity index (χ1n) is 7.31. The van der Waals surface area contributed by atoms with E-state index >= 15 is 0 Å². The van der Waals surface area contributed by atoms with Crippen molar-refractivity contribution in [3.05, 3.63) is 71.9 Å². The third kappa shape index (κ3) is 2.16. The number of aromatic nitrogens is 1. The molecule has 1 unspecified atom stereocenters. The minimum atomic E-state index is -0.904. The molecule has 0 saturated heterocycles. The Hall–Kier alpha value is -3.14. The molecule has 0 aliphatic carbocycles. The fraction of sp³-hybridized carbons (Fsp3) is 0.0526. The van der Waals surface area contributed by atoms with Crippen LogP contribution in [0.25, 0.3) is 10.9 Å². The molecular formula is C19H12N2O2. The van der Waals surface area contributed by atoms with Crippen LogP contribution in [0.3, 0.4) is 0 Å². The number of nitrogens with zero attached hydrogens (tertiary/aromatic N) is 2. The molecule has 4 rings (SSSR count). The van der Waals surface area contributed by atoms with Crippen molar-refractivity contribution in [2.75, 3.05) is 0 Å². The first-order chi connectivity index (χ1) is 11.3. The summed E-state index contributed by atoms with van der Waals surface area (Å²) in [5.74, 6) is -1.13. The van der Waals surface area contributed by atoms with Crippen molar-refractivity contribution in [2.24, 2.45) is 10.9 Å². The van der Waals surface area contributed by atoms with Crippen LogP contribution < -0.4 is 0 Å². The number of aliphatic imine (C=N–C) groups is 1. The fourth-order valence-corrected chi connectivity index (χ4v) is 2.82. The monoisotopic (exact) mass is 300 g/mol. The lowest BCUT2D eigenvalue weighted by Gasteiger charge is -2.19.